The van der Waals surface area contributed by atoms with Gasteiger partial charge in [0.2, 0.25) is 0 Å². The van der Waals surface area contributed by atoms with Gasteiger partial charge >= 0.3 is 5.97 Å². The second-order valence-corrected chi connectivity index (χ2v) is 5.39. The minimum absolute atomic E-state index is 0.238. The molecule has 0 fully saturated rings. The lowest BCUT2D eigenvalue weighted by Gasteiger charge is -2.08. The Morgan fingerprint density at radius 2 is 2.05 bits per heavy atom. The maximum atomic E-state index is 13.1. The molecule has 3 nitrogen and oxygen atoms in total. The molecular formula is C16H15BrFNO2. The van der Waals surface area contributed by atoms with Gasteiger partial charge in [0, 0.05) is 17.6 Å². The Morgan fingerprint density at radius 1 is 1.24 bits per heavy atom. The Kier molecular flexibility index (Phi) is 5.47. The van der Waals surface area contributed by atoms with E-state index < -0.39 is 0 Å². The molecule has 0 saturated carbocycles. The minimum atomic E-state index is -0.366. The van der Waals surface area contributed by atoms with E-state index in [0.29, 0.717) is 18.7 Å². The van der Waals surface area contributed by atoms with Crippen LogP contribution in [0.15, 0.2) is 46.9 Å². The quantitative estimate of drug-likeness (QED) is 0.835. The number of nitrogens with one attached hydrogen (secondary N) is 1. The summed E-state index contributed by atoms with van der Waals surface area (Å²) >= 11 is 3.43. The molecule has 0 radical (unpaired) electrons. The van der Waals surface area contributed by atoms with Crippen LogP contribution in [0.3, 0.4) is 0 Å². The maximum absolute atomic E-state index is 13.1. The van der Waals surface area contributed by atoms with Gasteiger partial charge in [-0.1, -0.05) is 34.1 Å². The van der Waals surface area contributed by atoms with Crippen molar-refractivity contribution in [3.8, 4) is 0 Å². The van der Waals surface area contributed by atoms with Crippen LogP contribution in [0.1, 0.15) is 21.5 Å². The van der Waals surface area contributed by atoms with Crippen LogP contribution in [-0.4, -0.2) is 13.1 Å². The van der Waals surface area contributed by atoms with Gasteiger partial charge in [-0.25, -0.2) is 9.18 Å². The lowest BCUT2D eigenvalue weighted by molar-refractivity contribution is 0.0600. The zero-order chi connectivity index (χ0) is 15.2. The maximum Gasteiger partial charge on any atom is 0.337 e. The van der Waals surface area contributed by atoms with E-state index in [2.05, 4.69) is 26.0 Å². The molecular weight excluding hydrogens is 337 g/mol. The average molecular weight is 352 g/mol. The van der Waals surface area contributed by atoms with Gasteiger partial charge in [0.25, 0.3) is 0 Å². The normalized spacial score (nSPS) is 10.4. The molecule has 0 aliphatic carbocycles. The van der Waals surface area contributed by atoms with Crippen LogP contribution in [0.4, 0.5) is 4.39 Å². The van der Waals surface area contributed by atoms with Crippen LogP contribution >= 0.6 is 15.9 Å². The fourth-order valence-corrected chi connectivity index (χ4v) is 2.44. The van der Waals surface area contributed by atoms with Gasteiger partial charge in [-0.05, 0) is 35.4 Å². The molecule has 0 spiro atoms. The number of methoxy groups -OCH3 is 1. The molecule has 0 aromatic heterocycles. The molecule has 21 heavy (non-hydrogen) atoms. The van der Waals surface area contributed by atoms with Crippen molar-refractivity contribution in [3.05, 3.63) is 69.4 Å². The van der Waals surface area contributed by atoms with Crippen LogP contribution in [0.2, 0.25) is 0 Å². The zero-order valence-corrected chi connectivity index (χ0v) is 13.1. The molecule has 0 atom stereocenters. The van der Waals surface area contributed by atoms with E-state index in [9.17, 15) is 9.18 Å². The molecule has 0 heterocycles. The summed E-state index contributed by atoms with van der Waals surface area (Å²) in [5, 5.41) is 3.24. The summed E-state index contributed by atoms with van der Waals surface area (Å²) in [4.78, 5) is 11.4. The molecule has 5 heteroatoms. The number of hydrogen-bond acceptors (Lipinski definition) is 3. The van der Waals surface area contributed by atoms with Crippen molar-refractivity contribution in [1.82, 2.24) is 5.32 Å². The van der Waals surface area contributed by atoms with Crippen LogP contribution < -0.4 is 5.32 Å². The summed E-state index contributed by atoms with van der Waals surface area (Å²) < 4.78 is 18.6. The number of hydrogen-bond donors (Lipinski definition) is 1. The Hall–Kier alpha value is -1.72. The van der Waals surface area contributed by atoms with Gasteiger partial charge in [-0.15, -0.1) is 0 Å². The van der Waals surface area contributed by atoms with Crippen molar-refractivity contribution >= 4 is 21.9 Å². The highest BCUT2D eigenvalue weighted by Gasteiger charge is 2.08. The van der Waals surface area contributed by atoms with E-state index in [4.69, 9.17) is 0 Å². The third-order valence-electron chi connectivity index (χ3n) is 3.01. The number of halogens is 2. The lowest BCUT2D eigenvalue weighted by atomic mass is 10.1. The first-order valence-electron chi connectivity index (χ1n) is 6.42. The highest BCUT2D eigenvalue weighted by atomic mass is 79.9. The number of benzene rings is 2. The topological polar surface area (TPSA) is 38.3 Å². The third kappa shape index (κ3) is 4.37. The van der Waals surface area contributed by atoms with Crippen molar-refractivity contribution in [2.45, 2.75) is 13.1 Å². The second kappa shape index (κ2) is 7.33. The van der Waals surface area contributed by atoms with Crippen LogP contribution in [-0.2, 0) is 17.8 Å². The van der Waals surface area contributed by atoms with Crippen LogP contribution in [0.5, 0.6) is 0 Å². The summed E-state index contributed by atoms with van der Waals surface area (Å²) in [6.45, 7) is 1.18. The summed E-state index contributed by atoms with van der Waals surface area (Å²) in [7, 11) is 1.35. The lowest BCUT2D eigenvalue weighted by Crippen LogP contribution is -2.13. The van der Waals surface area contributed by atoms with Crippen molar-refractivity contribution in [2.24, 2.45) is 0 Å². The van der Waals surface area contributed by atoms with Gasteiger partial charge in [0.15, 0.2) is 0 Å². The summed E-state index contributed by atoms with van der Waals surface area (Å²) in [6.07, 6.45) is 0. The Balaban J connectivity index is 1.96. The molecule has 0 unspecified atom stereocenters. The molecule has 0 aliphatic heterocycles. The van der Waals surface area contributed by atoms with E-state index >= 15 is 0 Å². The number of esters is 1. The van der Waals surface area contributed by atoms with E-state index in [1.165, 1.54) is 19.2 Å². The van der Waals surface area contributed by atoms with Crippen LogP contribution in [0.25, 0.3) is 0 Å². The van der Waals surface area contributed by atoms with E-state index in [0.717, 1.165) is 15.6 Å². The molecule has 0 amide bonds. The van der Waals surface area contributed by atoms with Crippen molar-refractivity contribution in [2.75, 3.05) is 7.11 Å². The largest absolute Gasteiger partial charge is 0.465 e. The Labute approximate surface area is 131 Å². The predicted octanol–water partition coefficient (Wildman–Crippen LogP) is 3.66. The molecule has 110 valence electrons. The highest BCUT2D eigenvalue weighted by Crippen LogP contribution is 2.19. The number of carbonyl (C=O) groups is 1. The second-order valence-electron chi connectivity index (χ2n) is 4.53. The number of rotatable bonds is 5. The van der Waals surface area contributed by atoms with Crippen LogP contribution in [0, 0.1) is 5.82 Å². The van der Waals surface area contributed by atoms with Crippen molar-refractivity contribution in [1.29, 1.82) is 0 Å². The molecule has 2 aromatic rings. The first kappa shape index (κ1) is 15.7. The van der Waals surface area contributed by atoms with Gasteiger partial charge in [-0.2, -0.15) is 0 Å². The Bertz CT molecular complexity index is 646. The Morgan fingerprint density at radius 3 is 2.71 bits per heavy atom. The first-order valence-corrected chi connectivity index (χ1v) is 7.21. The molecule has 0 aliphatic rings. The fourth-order valence-electron chi connectivity index (χ4n) is 1.92. The predicted molar refractivity (Wildman–Crippen MR) is 82.4 cm³/mol. The highest BCUT2D eigenvalue weighted by molar-refractivity contribution is 9.10. The summed E-state index contributed by atoms with van der Waals surface area (Å²) in [6, 6.07) is 11.8. The zero-order valence-electron chi connectivity index (χ0n) is 11.5. The first-order chi connectivity index (χ1) is 10.1. The van der Waals surface area contributed by atoms with Gasteiger partial charge in [0.05, 0.1) is 12.7 Å². The average Bonchev–Trinajstić information content (AvgIpc) is 2.48. The smallest absolute Gasteiger partial charge is 0.337 e. The monoisotopic (exact) mass is 351 g/mol. The molecule has 1 N–H and O–H groups in total. The summed E-state index contributed by atoms with van der Waals surface area (Å²) in [5.74, 6) is -0.604. The van der Waals surface area contributed by atoms with Gasteiger partial charge < -0.3 is 10.1 Å². The molecule has 0 bridgehead atoms. The standard InChI is InChI=1S/C16H15BrFNO2/c1-21-16(20)12-5-6-13(15(17)8-12)10-19-9-11-3-2-4-14(18)7-11/h2-8,19H,9-10H2,1H3. The fraction of sp³-hybridized carbons (Fsp3) is 0.188. The van der Waals surface area contributed by atoms with E-state index in [1.807, 2.05) is 12.1 Å². The minimum Gasteiger partial charge on any atom is -0.465 e. The van der Waals surface area contributed by atoms with Gasteiger partial charge in [-0.3, -0.25) is 0 Å². The molecule has 0 saturated heterocycles. The van der Waals surface area contributed by atoms with E-state index in [1.54, 1.807) is 18.2 Å². The molecule has 2 aromatic carbocycles. The van der Waals surface area contributed by atoms with Crippen molar-refractivity contribution < 1.29 is 13.9 Å². The van der Waals surface area contributed by atoms with E-state index in [-0.39, 0.29) is 11.8 Å². The SMILES string of the molecule is COC(=O)c1ccc(CNCc2cccc(F)c2)c(Br)c1. The number of carbonyl (C=O) groups excluding carboxylic acids is 1. The van der Waals surface area contributed by atoms with Crippen molar-refractivity contribution in [3.63, 3.8) is 0 Å². The number of ether oxygens (including phenoxy) is 1. The summed E-state index contributed by atoms with van der Waals surface area (Å²) in [5.41, 5.74) is 2.40. The van der Waals surface area contributed by atoms with Gasteiger partial charge in [0.1, 0.15) is 5.82 Å². The molecule has 2 rings (SSSR count). The third-order valence-corrected chi connectivity index (χ3v) is 3.75.